The molecule has 0 spiro atoms. The molecule has 0 fully saturated rings. The Labute approximate surface area is 88.6 Å². The molecule has 14 heavy (non-hydrogen) atoms. The molecule has 1 aromatic carbocycles. The van der Waals surface area contributed by atoms with E-state index in [9.17, 15) is 0 Å². The van der Waals surface area contributed by atoms with Crippen LogP contribution in [0.25, 0.3) is 10.1 Å². The number of aryl methyl sites for hydroxylation is 2. The minimum absolute atomic E-state index is 0.779. The molecule has 2 heteroatoms. The van der Waals surface area contributed by atoms with Gasteiger partial charge in [-0.25, -0.2) is 0 Å². The molecule has 0 saturated carbocycles. The molecule has 0 amide bonds. The van der Waals surface area contributed by atoms with Gasteiger partial charge < -0.3 is 5.73 Å². The predicted octanol–water partition coefficient (Wildman–Crippen LogP) is 3.10. The van der Waals surface area contributed by atoms with E-state index in [2.05, 4.69) is 30.5 Å². The van der Waals surface area contributed by atoms with Crippen LogP contribution in [0.2, 0.25) is 0 Å². The highest BCUT2D eigenvalue weighted by molar-refractivity contribution is 7.17. The van der Waals surface area contributed by atoms with Crippen molar-refractivity contribution in [2.24, 2.45) is 5.73 Å². The van der Waals surface area contributed by atoms with E-state index in [0.29, 0.717) is 0 Å². The average molecular weight is 205 g/mol. The number of hydrogen-bond donors (Lipinski definition) is 1. The lowest BCUT2D eigenvalue weighted by Crippen LogP contribution is -1.99. The van der Waals surface area contributed by atoms with Gasteiger partial charge in [-0.05, 0) is 54.3 Å². The first kappa shape index (κ1) is 9.69. The summed E-state index contributed by atoms with van der Waals surface area (Å²) in [5.41, 5.74) is 8.29. The largest absolute Gasteiger partial charge is 0.330 e. The molecule has 0 atom stereocenters. The third kappa shape index (κ3) is 1.81. The number of nitrogens with two attached hydrogens (primary N) is 1. The maximum Gasteiger partial charge on any atom is 0.0348 e. The maximum atomic E-state index is 5.50. The minimum atomic E-state index is 0.779. The molecule has 2 N–H and O–H groups in total. The molecule has 0 bridgehead atoms. The second-order valence-corrected chi connectivity index (χ2v) is 4.55. The van der Waals surface area contributed by atoms with Crippen molar-refractivity contribution in [1.82, 2.24) is 0 Å². The van der Waals surface area contributed by atoms with E-state index < -0.39 is 0 Å². The topological polar surface area (TPSA) is 26.0 Å². The molecule has 2 aromatic rings. The Morgan fingerprint density at radius 1 is 1.36 bits per heavy atom. The van der Waals surface area contributed by atoms with Crippen LogP contribution in [0.5, 0.6) is 0 Å². The maximum absolute atomic E-state index is 5.50. The van der Waals surface area contributed by atoms with Crippen molar-refractivity contribution in [2.75, 3.05) is 6.54 Å². The van der Waals surface area contributed by atoms with Crippen LogP contribution in [0.1, 0.15) is 17.5 Å². The highest BCUT2D eigenvalue weighted by Crippen LogP contribution is 2.26. The van der Waals surface area contributed by atoms with Crippen molar-refractivity contribution in [3.63, 3.8) is 0 Å². The quantitative estimate of drug-likeness (QED) is 0.818. The molecule has 0 aliphatic rings. The standard InChI is InChI=1S/C12H15NS/c1-9-8-14-12-7-10(3-2-6-13)4-5-11(9)12/h4-5,7-8H,2-3,6,13H2,1H3. The van der Waals surface area contributed by atoms with Crippen LogP contribution in [0.4, 0.5) is 0 Å². The molecular weight excluding hydrogens is 190 g/mol. The van der Waals surface area contributed by atoms with E-state index in [-0.39, 0.29) is 0 Å². The Balaban J connectivity index is 2.32. The Morgan fingerprint density at radius 3 is 3.00 bits per heavy atom. The summed E-state index contributed by atoms with van der Waals surface area (Å²) in [7, 11) is 0. The third-order valence-corrected chi connectivity index (χ3v) is 3.57. The molecule has 0 unspecified atom stereocenters. The second kappa shape index (κ2) is 4.11. The fourth-order valence-electron chi connectivity index (χ4n) is 1.67. The summed E-state index contributed by atoms with van der Waals surface area (Å²) in [6.45, 7) is 2.94. The van der Waals surface area contributed by atoms with Gasteiger partial charge in [-0.2, -0.15) is 0 Å². The summed E-state index contributed by atoms with van der Waals surface area (Å²) >= 11 is 1.83. The summed E-state index contributed by atoms with van der Waals surface area (Å²) in [6, 6.07) is 6.74. The molecule has 1 heterocycles. The van der Waals surface area contributed by atoms with Gasteiger partial charge in [-0.15, -0.1) is 11.3 Å². The predicted molar refractivity (Wildman–Crippen MR) is 63.9 cm³/mol. The van der Waals surface area contributed by atoms with Crippen molar-refractivity contribution < 1.29 is 0 Å². The zero-order valence-corrected chi connectivity index (χ0v) is 9.23. The van der Waals surface area contributed by atoms with Gasteiger partial charge in [0.15, 0.2) is 0 Å². The van der Waals surface area contributed by atoms with E-state index >= 15 is 0 Å². The van der Waals surface area contributed by atoms with Crippen LogP contribution < -0.4 is 5.73 Å². The summed E-state index contributed by atoms with van der Waals surface area (Å²) in [6.07, 6.45) is 2.18. The van der Waals surface area contributed by atoms with Crippen molar-refractivity contribution in [3.05, 3.63) is 34.7 Å². The van der Waals surface area contributed by atoms with Crippen molar-refractivity contribution in [1.29, 1.82) is 0 Å². The highest BCUT2D eigenvalue weighted by Gasteiger charge is 2.00. The lowest BCUT2D eigenvalue weighted by molar-refractivity contribution is 0.834. The Morgan fingerprint density at radius 2 is 2.21 bits per heavy atom. The summed E-state index contributed by atoms with van der Waals surface area (Å²) in [5, 5.41) is 3.61. The van der Waals surface area contributed by atoms with E-state index in [0.717, 1.165) is 19.4 Å². The molecule has 1 nitrogen and oxygen atoms in total. The van der Waals surface area contributed by atoms with Crippen molar-refractivity contribution in [2.45, 2.75) is 19.8 Å². The third-order valence-electron chi connectivity index (χ3n) is 2.50. The van der Waals surface area contributed by atoms with E-state index in [4.69, 9.17) is 5.73 Å². The lowest BCUT2D eigenvalue weighted by atomic mass is 10.1. The summed E-state index contributed by atoms with van der Waals surface area (Å²) in [5.74, 6) is 0. The zero-order chi connectivity index (χ0) is 9.97. The van der Waals surface area contributed by atoms with E-state index in [1.54, 1.807) is 0 Å². The first-order chi connectivity index (χ1) is 6.81. The van der Waals surface area contributed by atoms with Crippen molar-refractivity contribution >= 4 is 21.4 Å². The van der Waals surface area contributed by atoms with Crippen LogP contribution in [0.15, 0.2) is 23.6 Å². The highest BCUT2D eigenvalue weighted by atomic mass is 32.1. The molecule has 0 saturated heterocycles. The van der Waals surface area contributed by atoms with Crippen LogP contribution in [0, 0.1) is 6.92 Å². The lowest BCUT2D eigenvalue weighted by Gasteiger charge is -2.00. The van der Waals surface area contributed by atoms with Gasteiger partial charge in [0.25, 0.3) is 0 Å². The monoisotopic (exact) mass is 205 g/mol. The zero-order valence-electron chi connectivity index (χ0n) is 8.42. The van der Waals surface area contributed by atoms with Crippen LogP contribution in [-0.2, 0) is 6.42 Å². The summed E-state index contributed by atoms with van der Waals surface area (Å²) < 4.78 is 1.40. The van der Waals surface area contributed by atoms with Gasteiger partial charge in [0.05, 0.1) is 0 Å². The molecule has 0 aliphatic heterocycles. The Hall–Kier alpha value is -0.860. The van der Waals surface area contributed by atoms with Crippen LogP contribution in [0.3, 0.4) is 0 Å². The fourth-order valence-corrected chi connectivity index (χ4v) is 2.67. The SMILES string of the molecule is Cc1csc2cc(CCCN)ccc12. The molecule has 0 aliphatic carbocycles. The smallest absolute Gasteiger partial charge is 0.0348 e. The van der Waals surface area contributed by atoms with Gasteiger partial charge in [-0.3, -0.25) is 0 Å². The average Bonchev–Trinajstić information content (AvgIpc) is 2.57. The normalized spacial score (nSPS) is 11.0. The number of benzene rings is 1. The second-order valence-electron chi connectivity index (χ2n) is 3.64. The number of rotatable bonds is 3. The number of fused-ring (bicyclic) bond motifs is 1. The first-order valence-electron chi connectivity index (χ1n) is 4.98. The summed E-state index contributed by atoms with van der Waals surface area (Å²) in [4.78, 5) is 0. The van der Waals surface area contributed by atoms with Gasteiger partial charge in [-0.1, -0.05) is 12.1 Å². The molecule has 0 radical (unpaired) electrons. The van der Waals surface area contributed by atoms with Gasteiger partial charge in [0.1, 0.15) is 0 Å². The minimum Gasteiger partial charge on any atom is -0.330 e. The first-order valence-corrected chi connectivity index (χ1v) is 5.86. The van der Waals surface area contributed by atoms with Gasteiger partial charge >= 0.3 is 0 Å². The number of hydrogen-bond acceptors (Lipinski definition) is 2. The van der Waals surface area contributed by atoms with Gasteiger partial charge in [0.2, 0.25) is 0 Å². The molecule has 74 valence electrons. The fraction of sp³-hybridized carbons (Fsp3) is 0.333. The van der Waals surface area contributed by atoms with E-state index in [1.165, 1.54) is 21.2 Å². The van der Waals surface area contributed by atoms with Gasteiger partial charge in [0, 0.05) is 4.70 Å². The molecule has 2 rings (SSSR count). The number of thiophene rings is 1. The molecular formula is C12H15NS. The van der Waals surface area contributed by atoms with Crippen molar-refractivity contribution in [3.8, 4) is 0 Å². The molecule has 1 aromatic heterocycles. The van der Waals surface area contributed by atoms with E-state index in [1.807, 2.05) is 11.3 Å². The Kier molecular flexibility index (Phi) is 2.85. The Bertz CT molecular complexity index is 431. The van der Waals surface area contributed by atoms with Crippen LogP contribution in [-0.4, -0.2) is 6.54 Å². The van der Waals surface area contributed by atoms with Crippen LogP contribution >= 0.6 is 11.3 Å².